The molecule has 24 heavy (non-hydrogen) atoms. The van der Waals surface area contributed by atoms with Gasteiger partial charge in [-0.15, -0.1) is 0 Å². The van der Waals surface area contributed by atoms with E-state index in [9.17, 15) is 4.79 Å². The molecule has 7 heteroatoms. The van der Waals surface area contributed by atoms with E-state index in [2.05, 4.69) is 31.5 Å². The maximum atomic E-state index is 12.0. The lowest BCUT2D eigenvalue weighted by atomic mass is 9.82. The van der Waals surface area contributed by atoms with Crippen molar-refractivity contribution in [3.63, 3.8) is 0 Å². The number of nitrogens with zero attached hydrogens (tertiary/aromatic N) is 4. The van der Waals surface area contributed by atoms with Crippen LogP contribution in [0.1, 0.15) is 58.3 Å². The van der Waals surface area contributed by atoms with Gasteiger partial charge in [-0.25, -0.2) is 9.97 Å². The lowest BCUT2D eigenvalue weighted by Gasteiger charge is -2.29. The molecule has 0 bridgehead atoms. The Kier molecular flexibility index (Phi) is 3.70. The Labute approximate surface area is 140 Å². The highest BCUT2D eigenvalue weighted by atomic mass is 16.1. The second-order valence-corrected chi connectivity index (χ2v) is 6.64. The lowest BCUT2D eigenvalue weighted by Crippen LogP contribution is -2.33. The van der Waals surface area contributed by atoms with Gasteiger partial charge >= 0.3 is 0 Å². The highest BCUT2D eigenvalue weighted by Gasteiger charge is 2.28. The summed E-state index contributed by atoms with van der Waals surface area (Å²) in [7, 11) is 1.62. The van der Waals surface area contributed by atoms with Crippen molar-refractivity contribution in [1.82, 2.24) is 25.5 Å². The molecule has 2 aromatic heterocycles. The van der Waals surface area contributed by atoms with Crippen molar-refractivity contribution in [2.45, 2.75) is 45.1 Å². The van der Waals surface area contributed by atoms with E-state index in [1.165, 1.54) is 19.3 Å². The summed E-state index contributed by atoms with van der Waals surface area (Å²) in [5.41, 5.74) is 4.64. The Morgan fingerprint density at radius 3 is 2.92 bits per heavy atom. The molecule has 0 radical (unpaired) electrons. The van der Waals surface area contributed by atoms with Gasteiger partial charge in [0.05, 0.1) is 6.54 Å². The molecule has 0 atom stereocenters. The Morgan fingerprint density at radius 1 is 1.38 bits per heavy atom. The van der Waals surface area contributed by atoms with Gasteiger partial charge in [0.2, 0.25) is 5.95 Å². The van der Waals surface area contributed by atoms with E-state index in [4.69, 9.17) is 4.98 Å². The van der Waals surface area contributed by atoms with Gasteiger partial charge in [-0.3, -0.25) is 9.89 Å². The number of rotatable bonds is 3. The monoisotopic (exact) mass is 326 g/mol. The van der Waals surface area contributed by atoms with Gasteiger partial charge in [0, 0.05) is 48.6 Å². The van der Waals surface area contributed by atoms with Crippen molar-refractivity contribution < 1.29 is 4.79 Å². The molecule has 126 valence electrons. The molecule has 7 nitrogen and oxygen atoms in total. The Morgan fingerprint density at radius 2 is 2.21 bits per heavy atom. The second-order valence-electron chi connectivity index (χ2n) is 6.64. The van der Waals surface area contributed by atoms with Crippen LogP contribution >= 0.6 is 0 Å². The first kappa shape index (κ1) is 15.1. The van der Waals surface area contributed by atoms with Crippen molar-refractivity contribution in [1.29, 1.82) is 0 Å². The molecule has 2 aromatic rings. The molecule has 1 aliphatic heterocycles. The first-order valence-corrected chi connectivity index (χ1v) is 8.54. The number of hydrogen-bond acceptors (Lipinski definition) is 5. The van der Waals surface area contributed by atoms with E-state index in [0.29, 0.717) is 18.2 Å². The van der Waals surface area contributed by atoms with Crippen LogP contribution in [-0.2, 0) is 13.0 Å². The largest absolute Gasteiger partial charge is 0.354 e. The van der Waals surface area contributed by atoms with Crippen molar-refractivity contribution in [2.75, 3.05) is 18.5 Å². The number of nitrogens with one attached hydrogen (secondary N) is 2. The Bertz CT molecular complexity index is 779. The summed E-state index contributed by atoms with van der Waals surface area (Å²) in [6.45, 7) is 3.47. The maximum absolute atomic E-state index is 12.0. The van der Waals surface area contributed by atoms with Crippen LogP contribution in [0.3, 0.4) is 0 Å². The predicted molar refractivity (Wildman–Crippen MR) is 90.1 cm³/mol. The van der Waals surface area contributed by atoms with Crippen LogP contribution in [0.5, 0.6) is 0 Å². The summed E-state index contributed by atoms with van der Waals surface area (Å²) in [4.78, 5) is 23.6. The molecule has 1 saturated carbocycles. The fourth-order valence-electron chi connectivity index (χ4n) is 3.40. The van der Waals surface area contributed by atoms with Gasteiger partial charge in [0.1, 0.15) is 0 Å². The lowest BCUT2D eigenvalue weighted by molar-refractivity contribution is 0.0957. The molecule has 3 heterocycles. The van der Waals surface area contributed by atoms with E-state index < -0.39 is 0 Å². The van der Waals surface area contributed by atoms with Gasteiger partial charge in [0.25, 0.3) is 5.91 Å². The molecular weight excluding hydrogens is 304 g/mol. The number of aromatic amines is 1. The molecular formula is C17H22N6O. The molecule has 1 amide bonds. The summed E-state index contributed by atoms with van der Waals surface area (Å²) in [6, 6.07) is 2.11. The van der Waals surface area contributed by atoms with Crippen LogP contribution in [0, 0.1) is 6.92 Å². The number of aromatic nitrogens is 4. The van der Waals surface area contributed by atoms with Crippen LogP contribution in [0.2, 0.25) is 0 Å². The quantitative estimate of drug-likeness (QED) is 0.896. The predicted octanol–water partition coefficient (Wildman–Crippen LogP) is 1.70. The summed E-state index contributed by atoms with van der Waals surface area (Å²) in [6.07, 6.45) is 4.56. The fourth-order valence-corrected chi connectivity index (χ4v) is 3.40. The third-order valence-corrected chi connectivity index (χ3v) is 5.04. The standard InChI is InChI=1S/C17H22N6O/c1-10-8-14(11-4-3-5-11)20-17(19-10)23-7-6-13-12(9-23)15(22-21-13)16(24)18-2/h8,11H,3-7,9H2,1-2H3,(H,18,24)(H,21,22). The normalized spacial score (nSPS) is 17.3. The number of carbonyl (C=O) groups excluding carboxylic acids is 1. The molecule has 0 saturated heterocycles. The molecule has 4 rings (SSSR count). The maximum Gasteiger partial charge on any atom is 0.271 e. The van der Waals surface area contributed by atoms with Gasteiger partial charge < -0.3 is 10.2 Å². The number of fused-ring (bicyclic) bond motifs is 1. The minimum absolute atomic E-state index is 0.158. The van der Waals surface area contributed by atoms with E-state index in [1.54, 1.807) is 7.05 Å². The zero-order valence-electron chi connectivity index (χ0n) is 14.1. The average Bonchev–Trinajstić information content (AvgIpc) is 2.95. The van der Waals surface area contributed by atoms with Crippen molar-refractivity contribution in [2.24, 2.45) is 0 Å². The number of anilines is 1. The molecule has 0 unspecified atom stereocenters. The summed E-state index contributed by atoms with van der Waals surface area (Å²) in [5, 5.41) is 9.82. The molecule has 2 aliphatic rings. The van der Waals surface area contributed by atoms with Crippen molar-refractivity contribution in [3.8, 4) is 0 Å². The molecule has 0 spiro atoms. The topological polar surface area (TPSA) is 86.8 Å². The van der Waals surface area contributed by atoms with Crippen molar-refractivity contribution >= 4 is 11.9 Å². The van der Waals surface area contributed by atoms with Crippen LogP contribution < -0.4 is 10.2 Å². The first-order chi connectivity index (χ1) is 11.7. The second kappa shape index (κ2) is 5.89. The van der Waals surface area contributed by atoms with E-state index >= 15 is 0 Å². The third kappa shape index (κ3) is 2.53. The van der Waals surface area contributed by atoms with E-state index in [0.717, 1.165) is 41.6 Å². The van der Waals surface area contributed by atoms with E-state index in [-0.39, 0.29) is 5.91 Å². The molecule has 2 N–H and O–H groups in total. The SMILES string of the molecule is CNC(=O)c1n[nH]c2c1CN(c1nc(C)cc(C3CCC3)n1)CC2. The number of aryl methyl sites for hydroxylation is 1. The Hall–Kier alpha value is -2.44. The van der Waals surface area contributed by atoms with Crippen LogP contribution in [0.25, 0.3) is 0 Å². The fraction of sp³-hybridized carbons (Fsp3) is 0.529. The average molecular weight is 326 g/mol. The number of hydrogen-bond donors (Lipinski definition) is 2. The summed E-state index contributed by atoms with van der Waals surface area (Å²) in [5.74, 6) is 1.20. The van der Waals surface area contributed by atoms with Crippen LogP contribution in [0.15, 0.2) is 6.07 Å². The minimum atomic E-state index is -0.158. The van der Waals surface area contributed by atoms with Gasteiger partial charge in [-0.2, -0.15) is 5.10 Å². The Balaban J connectivity index is 1.63. The highest BCUT2D eigenvalue weighted by molar-refractivity contribution is 5.93. The van der Waals surface area contributed by atoms with Crippen molar-refractivity contribution in [3.05, 3.63) is 34.4 Å². The number of amides is 1. The summed E-state index contributed by atoms with van der Waals surface area (Å²) < 4.78 is 0. The molecule has 1 fully saturated rings. The number of H-pyrrole nitrogens is 1. The number of carbonyl (C=O) groups is 1. The molecule has 1 aliphatic carbocycles. The summed E-state index contributed by atoms with van der Waals surface area (Å²) >= 11 is 0. The van der Waals surface area contributed by atoms with Gasteiger partial charge in [-0.05, 0) is 25.8 Å². The zero-order chi connectivity index (χ0) is 16.7. The van der Waals surface area contributed by atoms with E-state index in [1.807, 2.05) is 6.92 Å². The van der Waals surface area contributed by atoms with Crippen LogP contribution in [0.4, 0.5) is 5.95 Å². The minimum Gasteiger partial charge on any atom is -0.354 e. The first-order valence-electron chi connectivity index (χ1n) is 8.54. The van der Waals surface area contributed by atoms with Crippen LogP contribution in [-0.4, -0.2) is 39.7 Å². The third-order valence-electron chi connectivity index (χ3n) is 5.04. The van der Waals surface area contributed by atoms with Gasteiger partial charge in [0.15, 0.2) is 5.69 Å². The highest BCUT2D eigenvalue weighted by Crippen LogP contribution is 2.36. The molecule has 0 aromatic carbocycles. The smallest absolute Gasteiger partial charge is 0.271 e. The van der Waals surface area contributed by atoms with Gasteiger partial charge in [-0.1, -0.05) is 6.42 Å². The zero-order valence-corrected chi connectivity index (χ0v) is 14.1.